The van der Waals surface area contributed by atoms with E-state index in [1.807, 2.05) is 13.0 Å². The van der Waals surface area contributed by atoms with E-state index in [1.165, 1.54) is 0 Å². The number of nitrogens with zero attached hydrogens (tertiary/aromatic N) is 1. The van der Waals surface area contributed by atoms with Crippen LogP contribution in [-0.2, 0) is 0 Å². The third kappa shape index (κ3) is 1.58. The minimum atomic E-state index is 0.498. The molecule has 1 saturated heterocycles. The molecule has 66 valence electrons. The Bertz CT molecular complexity index is 253. The van der Waals surface area contributed by atoms with Gasteiger partial charge in [-0.15, -0.1) is 0 Å². The van der Waals surface area contributed by atoms with Crippen LogP contribution in [-0.4, -0.2) is 24.3 Å². The van der Waals surface area contributed by atoms with Crippen molar-refractivity contribution in [3.8, 4) is 0 Å². The van der Waals surface area contributed by atoms with Crippen molar-refractivity contribution in [1.29, 1.82) is 0 Å². The molecule has 1 aromatic heterocycles. The first kappa shape index (κ1) is 7.61. The maximum atomic E-state index is 5.04. The lowest BCUT2D eigenvalue weighted by molar-refractivity contribution is 0.423. The number of aryl methyl sites for hydroxylation is 1. The highest BCUT2D eigenvalue weighted by molar-refractivity contribution is 5.32. The molecule has 1 atom stereocenters. The Morgan fingerprint density at radius 2 is 2.67 bits per heavy atom. The minimum Gasteiger partial charge on any atom is -0.350 e. The molecule has 1 fully saturated rings. The fourth-order valence-corrected chi connectivity index (χ4v) is 1.41. The standard InChI is InChI=1S/C8H13N3O/c1-6-4-8(12-11-6)10-7-2-3-9-5-7/h4,7,9-10H,2-3,5H2,1H3/t7-/m0/s1. The van der Waals surface area contributed by atoms with E-state index in [2.05, 4.69) is 15.8 Å². The van der Waals surface area contributed by atoms with E-state index in [0.717, 1.165) is 31.1 Å². The van der Waals surface area contributed by atoms with Gasteiger partial charge in [0.05, 0.1) is 5.69 Å². The topological polar surface area (TPSA) is 50.1 Å². The molecule has 1 aliphatic rings. The average molecular weight is 167 g/mol. The number of hydrogen-bond donors (Lipinski definition) is 2. The zero-order valence-corrected chi connectivity index (χ0v) is 7.13. The number of anilines is 1. The third-order valence-corrected chi connectivity index (χ3v) is 2.03. The van der Waals surface area contributed by atoms with Crippen LogP contribution in [0.15, 0.2) is 10.6 Å². The van der Waals surface area contributed by atoms with Crippen LogP contribution in [0, 0.1) is 6.92 Å². The summed E-state index contributed by atoms with van der Waals surface area (Å²) in [6.07, 6.45) is 1.15. The molecule has 0 aromatic carbocycles. The lowest BCUT2D eigenvalue weighted by Gasteiger charge is -2.07. The molecule has 0 amide bonds. The van der Waals surface area contributed by atoms with Gasteiger partial charge in [0.1, 0.15) is 0 Å². The van der Waals surface area contributed by atoms with Crippen molar-refractivity contribution in [3.63, 3.8) is 0 Å². The molecule has 4 heteroatoms. The van der Waals surface area contributed by atoms with Crippen molar-refractivity contribution < 1.29 is 4.52 Å². The Morgan fingerprint density at radius 3 is 3.25 bits per heavy atom. The Labute approximate surface area is 71.3 Å². The van der Waals surface area contributed by atoms with Gasteiger partial charge in [-0.25, -0.2) is 0 Å². The monoisotopic (exact) mass is 167 g/mol. The molecule has 0 aliphatic carbocycles. The largest absolute Gasteiger partial charge is 0.350 e. The summed E-state index contributed by atoms with van der Waals surface area (Å²) in [5.41, 5.74) is 0.920. The fraction of sp³-hybridized carbons (Fsp3) is 0.625. The molecule has 2 rings (SSSR count). The van der Waals surface area contributed by atoms with E-state index in [0.29, 0.717) is 6.04 Å². The first-order valence-corrected chi connectivity index (χ1v) is 4.25. The smallest absolute Gasteiger partial charge is 0.225 e. The zero-order chi connectivity index (χ0) is 8.39. The zero-order valence-electron chi connectivity index (χ0n) is 7.13. The van der Waals surface area contributed by atoms with Gasteiger partial charge in [0.2, 0.25) is 5.88 Å². The molecular formula is C8H13N3O. The second-order valence-electron chi connectivity index (χ2n) is 3.17. The van der Waals surface area contributed by atoms with Crippen LogP contribution in [0.3, 0.4) is 0 Å². The summed E-state index contributed by atoms with van der Waals surface area (Å²) >= 11 is 0. The van der Waals surface area contributed by atoms with Gasteiger partial charge in [0, 0.05) is 18.7 Å². The van der Waals surface area contributed by atoms with Crippen molar-refractivity contribution in [1.82, 2.24) is 10.5 Å². The number of aromatic nitrogens is 1. The van der Waals surface area contributed by atoms with E-state index >= 15 is 0 Å². The van der Waals surface area contributed by atoms with Crippen LogP contribution in [0.25, 0.3) is 0 Å². The number of hydrogen-bond acceptors (Lipinski definition) is 4. The summed E-state index contributed by atoms with van der Waals surface area (Å²) in [7, 11) is 0. The second-order valence-corrected chi connectivity index (χ2v) is 3.17. The normalized spacial score (nSPS) is 22.9. The first-order chi connectivity index (χ1) is 5.84. The van der Waals surface area contributed by atoms with E-state index in [1.54, 1.807) is 0 Å². The Kier molecular flexibility index (Phi) is 1.99. The first-order valence-electron chi connectivity index (χ1n) is 4.25. The molecule has 0 spiro atoms. The quantitative estimate of drug-likeness (QED) is 0.682. The molecule has 4 nitrogen and oxygen atoms in total. The number of rotatable bonds is 2. The molecule has 0 bridgehead atoms. The summed E-state index contributed by atoms with van der Waals surface area (Å²) in [5.74, 6) is 0.779. The Hall–Kier alpha value is -1.03. The minimum absolute atomic E-state index is 0.498. The van der Waals surface area contributed by atoms with E-state index in [9.17, 15) is 0 Å². The molecule has 12 heavy (non-hydrogen) atoms. The van der Waals surface area contributed by atoms with Crippen LogP contribution >= 0.6 is 0 Å². The van der Waals surface area contributed by atoms with Crippen molar-refractivity contribution in [2.24, 2.45) is 0 Å². The molecule has 1 aliphatic heterocycles. The van der Waals surface area contributed by atoms with Gasteiger partial charge in [0.25, 0.3) is 0 Å². The lowest BCUT2D eigenvalue weighted by atomic mass is 10.2. The molecule has 2 N–H and O–H groups in total. The molecular weight excluding hydrogens is 154 g/mol. The molecule has 1 aromatic rings. The summed E-state index contributed by atoms with van der Waals surface area (Å²) in [4.78, 5) is 0. The van der Waals surface area contributed by atoms with E-state index in [4.69, 9.17) is 4.52 Å². The maximum absolute atomic E-state index is 5.04. The van der Waals surface area contributed by atoms with Crippen LogP contribution in [0.4, 0.5) is 5.88 Å². The summed E-state index contributed by atoms with van der Waals surface area (Å²) < 4.78 is 5.04. The highest BCUT2D eigenvalue weighted by Gasteiger charge is 2.15. The molecule has 0 radical (unpaired) electrons. The molecule has 0 saturated carbocycles. The van der Waals surface area contributed by atoms with Crippen molar-refractivity contribution in [2.75, 3.05) is 18.4 Å². The Morgan fingerprint density at radius 1 is 1.75 bits per heavy atom. The van der Waals surface area contributed by atoms with Crippen LogP contribution in [0.2, 0.25) is 0 Å². The third-order valence-electron chi connectivity index (χ3n) is 2.03. The highest BCUT2D eigenvalue weighted by Crippen LogP contribution is 2.12. The second kappa shape index (κ2) is 3.15. The molecule has 2 heterocycles. The Balaban J connectivity index is 1.94. The fourth-order valence-electron chi connectivity index (χ4n) is 1.41. The van der Waals surface area contributed by atoms with Gasteiger partial charge in [-0.1, -0.05) is 5.16 Å². The van der Waals surface area contributed by atoms with Crippen LogP contribution < -0.4 is 10.6 Å². The highest BCUT2D eigenvalue weighted by atomic mass is 16.5. The van der Waals surface area contributed by atoms with Gasteiger partial charge in [-0.3, -0.25) is 0 Å². The van der Waals surface area contributed by atoms with Gasteiger partial charge in [-0.2, -0.15) is 0 Å². The van der Waals surface area contributed by atoms with Gasteiger partial charge < -0.3 is 15.2 Å². The summed E-state index contributed by atoms with van der Waals surface area (Å²) in [5, 5.41) is 10.3. The summed E-state index contributed by atoms with van der Waals surface area (Å²) in [6, 6.07) is 2.41. The van der Waals surface area contributed by atoms with Gasteiger partial charge in [0.15, 0.2) is 0 Å². The van der Waals surface area contributed by atoms with Crippen molar-refractivity contribution in [3.05, 3.63) is 11.8 Å². The van der Waals surface area contributed by atoms with Crippen LogP contribution in [0.5, 0.6) is 0 Å². The summed E-state index contributed by atoms with van der Waals surface area (Å²) in [6.45, 7) is 4.02. The predicted octanol–water partition coefficient (Wildman–Crippen LogP) is 0.757. The molecule has 0 unspecified atom stereocenters. The SMILES string of the molecule is Cc1cc(N[C@H]2CCNC2)on1. The van der Waals surface area contributed by atoms with Gasteiger partial charge >= 0.3 is 0 Å². The van der Waals surface area contributed by atoms with Gasteiger partial charge in [-0.05, 0) is 19.9 Å². The number of nitrogens with one attached hydrogen (secondary N) is 2. The average Bonchev–Trinajstić information content (AvgIpc) is 2.63. The van der Waals surface area contributed by atoms with Crippen LogP contribution in [0.1, 0.15) is 12.1 Å². The predicted molar refractivity (Wildman–Crippen MR) is 46.1 cm³/mol. The van der Waals surface area contributed by atoms with E-state index in [-0.39, 0.29) is 0 Å². The van der Waals surface area contributed by atoms with Crippen molar-refractivity contribution >= 4 is 5.88 Å². The lowest BCUT2D eigenvalue weighted by Crippen LogP contribution is -2.21. The maximum Gasteiger partial charge on any atom is 0.225 e. The van der Waals surface area contributed by atoms with E-state index < -0.39 is 0 Å². The van der Waals surface area contributed by atoms with Crippen molar-refractivity contribution in [2.45, 2.75) is 19.4 Å².